The van der Waals surface area contributed by atoms with Crippen LogP contribution >= 0.6 is 35.3 Å². The van der Waals surface area contributed by atoms with Gasteiger partial charge >= 0.3 is 0 Å². The fourth-order valence-electron chi connectivity index (χ4n) is 20.3. The van der Waals surface area contributed by atoms with Gasteiger partial charge in [-0.05, 0) is 292 Å². The molecule has 0 aromatic heterocycles. The van der Waals surface area contributed by atoms with Gasteiger partial charge in [-0.25, -0.2) is 0 Å². The van der Waals surface area contributed by atoms with Crippen molar-refractivity contribution in [2.24, 2.45) is 0 Å². The normalized spacial score (nSPS) is 13.0. The molecule has 0 fully saturated rings. The van der Waals surface area contributed by atoms with Crippen molar-refractivity contribution in [2.75, 3.05) is 0 Å². The molecule has 0 unspecified atom stereocenters. The lowest BCUT2D eigenvalue weighted by Gasteiger charge is -2.23. The Bertz CT molecular complexity index is 8380. The average Bonchev–Trinajstić information content (AvgIpc) is 0.883. The molecule has 22 aromatic rings. The van der Waals surface area contributed by atoms with E-state index in [1.54, 1.807) is 35.3 Å². The fourth-order valence-corrected chi connectivity index (χ4v) is 23.1. The molecule has 0 spiro atoms. The quantitative estimate of drug-likeness (QED) is 0.122. The molecule has 22 aromatic carbocycles. The van der Waals surface area contributed by atoms with E-state index in [-0.39, 0.29) is 5.41 Å². The van der Waals surface area contributed by atoms with E-state index >= 15 is 0 Å². The molecule has 6 heteroatoms. The summed E-state index contributed by atoms with van der Waals surface area (Å²) in [5.41, 5.74) is 24.2. The SMILES string of the molecule is Cc1ccc2c(-c3cc4ccccc4c4ccccc34)c3ccccc3c(-c3ccc4c(c3)Oc3ccccc3S4)c2c1.Cc1ccc2c(-c3ccc4c(c3)C(C)(C)c3ccccc3-4)c3ccccc3c(-c3ccc4c(c3)Oc3ccccc3S4)c2c1.Cc1ccc2c(-c3cccc4ccccc34)c3ccccc3c(-c3ccc4c(c3)Oc3ccccc3S4)c2c1. The maximum absolute atomic E-state index is 6.45. The molecule has 3 aliphatic heterocycles. The summed E-state index contributed by atoms with van der Waals surface area (Å²) in [5.74, 6) is 5.51. The van der Waals surface area contributed by atoms with E-state index in [1.807, 2.05) is 24.3 Å². The zero-order chi connectivity index (χ0) is 84.0. The van der Waals surface area contributed by atoms with Gasteiger partial charge in [-0.15, -0.1) is 0 Å². The van der Waals surface area contributed by atoms with Crippen LogP contribution in [0.4, 0.5) is 0 Å². The van der Waals surface area contributed by atoms with Gasteiger partial charge in [-0.2, -0.15) is 0 Å². The van der Waals surface area contributed by atoms with Gasteiger partial charge in [-0.3, -0.25) is 0 Å². The summed E-state index contributed by atoms with van der Waals surface area (Å²) in [6.07, 6.45) is 0. The summed E-state index contributed by atoms with van der Waals surface area (Å²) in [6.45, 7) is 11.3. The molecule has 4 aliphatic rings. The third-order valence-corrected chi connectivity index (χ3v) is 29.4. The Morgan fingerprint density at radius 2 is 0.500 bits per heavy atom. The number of benzene rings is 22. The highest BCUT2D eigenvalue weighted by Crippen LogP contribution is 2.58. The maximum Gasteiger partial charge on any atom is 0.142 e. The number of rotatable bonds is 6. The van der Waals surface area contributed by atoms with Gasteiger partial charge in [0.2, 0.25) is 0 Å². The van der Waals surface area contributed by atoms with Gasteiger partial charge in [0, 0.05) is 5.41 Å². The van der Waals surface area contributed by atoms with Crippen molar-refractivity contribution in [1.82, 2.24) is 0 Å². The number of ether oxygens (including phenoxy) is 3. The fraction of sp³-hybridized carbons (Fsp3) is 0.0500. The van der Waals surface area contributed by atoms with Gasteiger partial charge < -0.3 is 14.2 Å². The molecule has 0 bridgehead atoms. The van der Waals surface area contributed by atoms with Crippen molar-refractivity contribution >= 4 is 132 Å². The lowest BCUT2D eigenvalue weighted by Crippen LogP contribution is -2.14. The van der Waals surface area contributed by atoms with Gasteiger partial charge in [0.15, 0.2) is 0 Å². The lowest BCUT2D eigenvalue weighted by atomic mass is 9.80. The van der Waals surface area contributed by atoms with Gasteiger partial charge in [0.1, 0.15) is 34.5 Å². The second kappa shape index (κ2) is 30.3. The summed E-state index contributed by atoms with van der Waals surface area (Å²) in [5, 5.41) is 22.8. The number of hydrogen-bond donors (Lipinski definition) is 0. The molecule has 0 amide bonds. The van der Waals surface area contributed by atoms with Crippen molar-refractivity contribution in [3.8, 4) is 112 Å². The first-order valence-corrected chi connectivity index (χ1v) is 45.7. The van der Waals surface area contributed by atoms with E-state index in [2.05, 4.69) is 405 Å². The van der Waals surface area contributed by atoms with E-state index in [9.17, 15) is 0 Å². The number of fused-ring (bicyclic) bond motifs is 19. The molecule has 3 heterocycles. The number of aryl methyl sites for hydroxylation is 3. The molecule has 0 saturated carbocycles. The summed E-state index contributed by atoms with van der Waals surface area (Å²) < 4.78 is 19.3. The van der Waals surface area contributed by atoms with Crippen molar-refractivity contribution in [3.63, 3.8) is 0 Å². The molecule has 0 atom stereocenters. The van der Waals surface area contributed by atoms with Crippen LogP contribution in [0, 0.1) is 20.8 Å². The first kappa shape index (κ1) is 75.4. The first-order valence-electron chi connectivity index (χ1n) is 43.2. The summed E-state index contributed by atoms with van der Waals surface area (Å²) >= 11 is 5.32. The zero-order valence-electron chi connectivity index (χ0n) is 70.0. The molecular weight excluding hydrogens is 1590 g/mol. The van der Waals surface area contributed by atoms with E-state index in [4.69, 9.17) is 14.2 Å². The lowest BCUT2D eigenvalue weighted by molar-refractivity contribution is 0.454. The monoisotopic (exact) mass is 1660 g/mol. The predicted molar refractivity (Wildman–Crippen MR) is 533 cm³/mol. The Morgan fingerprint density at radius 1 is 0.183 bits per heavy atom. The van der Waals surface area contributed by atoms with E-state index in [1.165, 1.54) is 203 Å². The second-order valence-corrected chi connectivity index (χ2v) is 37.4. The molecule has 126 heavy (non-hydrogen) atoms. The largest absolute Gasteiger partial charge is 0.455 e. The summed E-state index contributed by atoms with van der Waals surface area (Å²) in [6, 6.07) is 144. The molecule has 0 radical (unpaired) electrons. The van der Waals surface area contributed by atoms with Crippen LogP contribution in [0.25, 0.3) is 175 Å². The molecular formula is C120H80O3S3. The molecule has 1 aliphatic carbocycles. The maximum atomic E-state index is 6.45. The second-order valence-electron chi connectivity index (χ2n) is 34.1. The Labute approximate surface area is 744 Å². The Morgan fingerprint density at radius 3 is 0.984 bits per heavy atom. The van der Waals surface area contributed by atoms with Crippen LogP contribution in [0.5, 0.6) is 34.5 Å². The van der Waals surface area contributed by atoms with E-state index in [0.717, 1.165) is 63.9 Å². The van der Waals surface area contributed by atoms with E-state index in [0.29, 0.717) is 0 Å². The highest BCUT2D eigenvalue weighted by molar-refractivity contribution is 8.00. The summed E-state index contributed by atoms with van der Waals surface area (Å²) in [4.78, 5) is 6.91. The van der Waals surface area contributed by atoms with Gasteiger partial charge in [0.05, 0.1) is 29.4 Å². The highest BCUT2D eigenvalue weighted by atomic mass is 32.2. The van der Waals surface area contributed by atoms with Crippen LogP contribution in [0.15, 0.2) is 424 Å². The smallest absolute Gasteiger partial charge is 0.142 e. The Balaban J connectivity index is 0.000000106. The minimum absolute atomic E-state index is 0.0518. The Hall–Kier alpha value is -14.4. The standard InChI is InChI=1S/C42H30OS.C41H26OS.C37H24OS/c1-25-16-19-32-33(22-25)41(27-18-21-39-37(24-27)43-36-14-8-9-15-38(36)44-39)31-12-5-4-11-30(31)40(32)26-17-20-29-28-10-6-7-13-34(28)42(2,3)35(29)23-26;1-25-18-20-33-34(22-25)40(27-19-21-39-37(24-27)42-36-16-8-9-17-38(36)43-39)31-14-6-7-15-32(31)41(33)35-23-26-10-2-3-11-28(26)29-12-4-5-13-30(29)35;1-23-17-19-30-31(21-23)36(25-18-20-35-33(22-25)38-32-15-6-7-16-34(32)39-35)28-12-4-5-13-29(28)37(30)27-14-8-10-24-9-2-3-11-26(24)27/h4-24H,1-3H3;2-24H,1H3;2-22H,1H3. The van der Waals surface area contributed by atoms with Crippen LogP contribution < -0.4 is 14.2 Å². The van der Waals surface area contributed by atoms with Crippen molar-refractivity contribution in [1.29, 1.82) is 0 Å². The van der Waals surface area contributed by atoms with Crippen molar-refractivity contribution in [2.45, 2.75) is 69.4 Å². The third kappa shape index (κ3) is 12.6. The minimum atomic E-state index is -0.0518. The average molecular weight is 1670 g/mol. The molecule has 0 saturated heterocycles. The highest BCUT2D eigenvalue weighted by Gasteiger charge is 2.36. The Kier molecular flexibility index (Phi) is 18.1. The topological polar surface area (TPSA) is 27.7 Å². The van der Waals surface area contributed by atoms with E-state index < -0.39 is 0 Å². The summed E-state index contributed by atoms with van der Waals surface area (Å²) in [7, 11) is 0. The minimum Gasteiger partial charge on any atom is -0.455 e. The van der Waals surface area contributed by atoms with Crippen LogP contribution in [0.1, 0.15) is 41.7 Å². The zero-order valence-corrected chi connectivity index (χ0v) is 72.4. The van der Waals surface area contributed by atoms with Crippen LogP contribution in [0.2, 0.25) is 0 Å². The van der Waals surface area contributed by atoms with Crippen LogP contribution in [-0.4, -0.2) is 0 Å². The van der Waals surface area contributed by atoms with Crippen LogP contribution in [0.3, 0.4) is 0 Å². The molecule has 26 rings (SSSR count). The predicted octanol–water partition coefficient (Wildman–Crippen LogP) is 35.4. The molecule has 0 N–H and O–H groups in total. The van der Waals surface area contributed by atoms with Crippen molar-refractivity contribution in [3.05, 3.63) is 422 Å². The molecule has 3 nitrogen and oxygen atoms in total. The first-order chi connectivity index (χ1) is 61.9. The van der Waals surface area contributed by atoms with Gasteiger partial charge in [-0.1, -0.05) is 375 Å². The van der Waals surface area contributed by atoms with Gasteiger partial charge in [0.25, 0.3) is 0 Å². The number of hydrogen-bond acceptors (Lipinski definition) is 6. The third-order valence-electron chi connectivity index (χ3n) is 26.1. The van der Waals surface area contributed by atoms with Crippen LogP contribution in [-0.2, 0) is 5.41 Å². The van der Waals surface area contributed by atoms with Crippen molar-refractivity contribution < 1.29 is 14.2 Å². The number of para-hydroxylation sites is 3. The molecule has 596 valence electrons.